The molecule has 3 aromatic heterocycles. The van der Waals surface area contributed by atoms with E-state index < -0.39 is 0 Å². The lowest BCUT2D eigenvalue weighted by Crippen LogP contribution is -2.52. The molecule has 0 unspecified atom stereocenters. The Hall–Kier alpha value is -3.85. The summed E-state index contributed by atoms with van der Waals surface area (Å²) in [7, 11) is 0. The standard InChI is InChI=1S/C31H39ClN10O4/c1-20(15-40-19-35-38-39-40)46-29-12-21(2-9-27(29)32)22-13-33-31(34-14-22)36-28-16-41(37-30(28)45-11-10-43)23-3-5-24(6-4-23)42-25-7-8-26(42)18-44-17-25/h2,9,12-14,16,19-20,23-26,43H,3-8,10-11,15,17-18H2,1H3,(H,33,34,36)/t20-,23?,24?,25-,26+/m0/s1. The Morgan fingerprint density at radius 1 is 1.02 bits per heavy atom. The number of hydrogen-bond donors (Lipinski definition) is 2. The lowest BCUT2D eigenvalue weighted by atomic mass is 9.89. The normalized spacial score (nSPS) is 23.7. The fraction of sp³-hybridized carbons (Fsp3) is 0.548. The van der Waals surface area contributed by atoms with Crippen LogP contribution < -0.4 is 14.8 Å². The Morgan fingerprint density at radius 2 is 1.76 bits per heavy atom. The third kappa shape index (κ3) is 6.80. The first kappa shape index (κ1) is 30.8. The molecule has 0 radical (unpaired) electrons. The number of aliphatic hydroxyl groups excluding tert-OH is 1. The minimum absolute atomic E-state index is 0.103. The van der Waals surface area contributed by atoms with Gasteiger partial charge in [0.1, 0.15) is 30.5 Å². The zero-order valence-electron chi connectivity index (χ0n) is 25.8. The number of benzene rings is 1. The number of hydrogen-bond acceptors (Lipinski definition) is 12. The number of aromatic nitrogens is 8. The quantitative estimate of drug-likeness (QED) is 0.229. The lowest BCUT2D eigenvalue weighted by molar-refractivity contribution is -0.0458. The molecule has 2 aliphatic heterocycles. The number of anilines is 2. The molecule has 3 atom stereocenters. The molecule has 244 valence electrons. The second-order valence-corrected chi connectivity index (χ2v) is 12.7. The van der Waals surface area contributed by atoms with E-state index in [0.717, 1.165) is 50.0 Å². The van der Waals surface area contributed by atoms with Crippen molar-refractivity contribution in [3.05, 3.63) is 48.1 Å². The van der Waals surface area contributed by atoms with E-state index >= 15 is 0 Å². The van der Waals surface area contributed by atoms with Crippen molar-refractivity contribution >= 4 is 23.2 Å². The van der Waals surface area contributed by atoms with Crippen LogP contribution in [0.2, 0.25) is 5.02 Å². The van der Waals surface area contributed by atoms with E-state index in [4.69, 9.17) is 30.9 Å². The Balaban J connectivity index is 1.01. The maximum atomic E-state index is 9.40. The van der Waals surface area contributed by atoms with E-state index in [2.05, 4.69) is 35.7 Å². The monoisotopic (exact) mass is 650 g/mol. The first-order valence-electron chi connectivity index (χ1n) is 16.0. The molecule has 2 saturated heterocycles. The van der Waals surface area contributed by atoms with Crippen LogP contribution in [-0.4, -0.2) is 101 Å². The third-order valence-corrected chi connectivity index (χ3v) is 9.43. The molecule has 2 bridgehead atoms. The van der Waals surface area contributed by atoms with Gasteiger partial charge in [-0.15, -0.1) is 10.2 Å². The van der Waals surface area contributed by atoms with E-state index in [-0.39, 0.29) is 25.4 Å². The van der Waals surface area contributed by atoms with Crippen molar-refractivity contribution in [1.29, 1.82) is 0 Å². The summed E-state index contributed by atoms with van der Waals surface area (Å²) in [6.45, 7) is 4.19. The van der Waals surface area contributed by atoms with Crippen LogP contribution in [0.5, 0.6) is 11.6 Å². The predicted molar refractivity (Wildman–Crippen MR) is 169 cm³/mol. The summed E-state index contributed by atoms with van der Waals surface area (Å²) >= 11 is 6.44. The highest BCUT2D eigenvalue weighted by atomic mass is 35.5. The lowest BCUT2D eigenvalue weighted by Gasteiger charge is -2.43. The van der Waals surface area contributed by atoms with Crippen molar-refractivity contribution in [2.75, 3.05) is 31.7 Å². The van der Waals surface area contributed by atoms with Gasteiger partial charge in [-0.1, -0.05) is 17.7 Å². The molecular weight excluding hydrogens is 612 g/mol. The fourth-order valence-corrected chi connectivity index (χ4v) is 7.15. The summed E-state index contributed by atoms with van der Waals surface area (Å²) in [5, 5.41) is 29.1. The molecule has 0 amide bonds. The van der Waals surface area contributed by atoms with Crippen molar-refractivity contribution in [2.24, 2.45) is 0 Å². The van der Waals surface area contributed by atoms with Gasteiger partial charge in [-0.3, -0.25) is 9.58 Å². The number of morpholine rings is 1. The van der Waals surface area contributed by atoms with Crippen molar-refractivity contribution < 1.29 is 19.3 Å². The molecule has 1 saturated carbocycles. The smallest absolute Gasteiger partial charge is 0.257 e. The van der Waals surface area contributed by atoms with Crippen LogP contribution in [0.1, 0.15) is 51.5 Å². The van der Waals surface area contributed by atoms with E-state index in [1.807, 2.05) is 29.9 Å². The van der Waals surface area contributed by atoms with Crippen LogP contribution >= 0.6 is 11.6 Å². The highest BCUT2D eigenvalue weighted by molar-refractivity contribution is 6.32. The zero-order chi connectivity index (χ0) is 31.5. The van der Waals surface area contributed by atoms with Crippen molar-refractivity contribution in [1.82, 2.24) is 44.9 Å². The number of rotatable bonds is 12. The van der Waals surface area contributed by atoms with E-state index in [1.54, 1.807) is 23.1 Å². The fourth-order valence-electron chi connectivity index (χ4n) is 6.99. The summed E-state index contributed by atoms with van der Waals surface area (Å²) in [5.41, 5.74) is 2.33. The van der Waals surface area contributed by atoms with Gasteiger partial charge in [-0.2, -0.15) is 0 Å². The van der Waals surface area contributed by atoms with Gasteiger partial charge in [0, 0.05) is 36.1 Å². The summed E-state index contributed by atoms with van der Waals surface area (Å²) in [6.07, 6.45) is 13.7. The number of nitrogens with one attached hydrogen (secondary N) is 1. The molecule has 0 spiro atoms. The van der Waals surface area contributed by atoms with Crippen molar-refractivity contribution in [2.45, 2.75) is 82.3 Å². The van der Waals surface area contributed by atoms with E-state index in [1.165, 1.54) is 19.2 Å². The zero-order valence-corrected chi connectivity index (χ0v) is 26.5. The molecule has 1 aromatic carbocycles. The van der Waals surface area contributed by atoms with Gasteiger partial charge in [-0.05, 0) is 73.6 Å². The Labute approximate surface area is 272 Å². The van der Waals surface area contributed by atoms with Gasteiger partial charge in [0.2, 0.25) is 5.95 Å². The second-order valence-electron chi connectivity index (χ2n) is 12.3. The second kappa shape index (κ2) is 13.9. The maximum Gasteiger partial charge on any atom is 0.257 e. The van der Waals surface area contributed by atoms with Gasteiger partial charge in [0.15, 0.2) is 0 Å². The highest BCUT2D eigenvalue weighted by Crippen LogP contribution is 2.39. The van der Waals surface area contributed by atoms with Crippen LogP contribution in [0.25, 0.3) is 11.1 Å². The highest BCUT2D eigenvalue weighted by Gasteiger charge is 2.42. The van der Waals surface area contributed by atoms with Crippen molar-refractivity contribution in [3.63, 3.8) is 0 Å². The first-order chi connectivity index (χ1) is 22.5. The Bertz CT molecular complexity index is 1560. The topological polar surface area (TPSA) is 150 Å². The van der Waals surface area contributed by atoms with Gasteiger partial charge < -0.3 is 24.6 Å². The first-order valence-corrected chi connectivity index (χ1v) is 16.4. The number of fused-ring (bicyclic) bond motifs is 2. The summed E-state index contributed by atoms with van der Waals surface area (Å²) in [5.74, 6) is 1.38. The van der Waals surface area contributed by atoms with Crippen LogP contribution in [-0.2, 0) is 11.3 Å². The number of nitrogens with zero attached hydrogens (tertiary/aromatic N) is 9. The largest absolute Gasteiger partial charge is 0.487 e. The van der Waals surface area contributed by atoms with Crippen molar-refractivity contribution in [3.8, 4) is 22.8 Å². The predicted octanol–water partition coefficient (Wildman–Crippen LogP) is 3.91. The third-order valence-electron chi connectivity index (χ3n) is 9.11. The number of aliphatic hydroxyl groups is 1. The molecule has 46 heavy (non-hydrogen) atoms. The molecule has 1 aliphatic carbocycles. The summed E-state index contributed by atoms with van der Waals surface area (Å²) in [4.78, 5) is 11.9. The minimum atomic E-state index is -0.211. The molecule has 5 heterocycles. The minimum Gasteiger partial charge on any atom is -0.487 e. The van der Waals surface area contributed by atoms with Crippen LogP contribution in [0.4, 0.5) is 11.6 Å². The molecule has 4 aromatic rings. The van der Waals surface area contributed by atoms with Gasteiger partial charge in [0.05, 0.1) is 43.6 Å². The molecule has 3 aliphatic rings. The summed E-state index contributed by atoms with van der Waals surface area (Å²) in [6, 6.07) is 7.62. The molecule has 15 heteroatoms. The Morgan fingerprint density at radius 3 is 2.48 bits per heavy atom. The molecule has 3 fully saturated rings. The number of tetrazole rings is 1. The van der Waals surface area contributed by atoms with E-state index in [0.29, 0.717) is 53.0 Å². The molecule has 14 nitrogen and oxygen atoms in total. The van der Waals surface area contributed by atoms with E-state index in [9.17, 15) is 5.11 Å². The van der Waals surface area contributed by atoms with Gasteiger partial charge in [0.25, 0.3) is 5.88 Å². The number of ether oxygens (including phenoxy) is 3. The average molecular weight is 651 g/mol. The van der Waals surface area contributed by atoms with Crippen LogP contribution in [0.3, 0.4) is 0 Å². The molecule has 2 N–H and O–H groups in total. The van der Waals surface area contributed by atoms with Crippen LogP contribution in [0.15, 0.2) is 43.1 Å². The molecule has 7 rings (SSSR count). The van der Waals surface area contributed by atoms with Gasteiger partial charge in [-0.25, -0.2) is 14.6 Å². The number of halogens is 1. The Kier molecular flexibility index (Phi) is 9.28. The average Bonchev–Trinajstić information content (AvgIpc) is 3.79. The summed E-state index contributed by atoms with van der Waals surface area (Å²) < 4.78 is 21.3. The SMILES string of the molecule is C[C@@H](Cn1cnnn1)Oc1cc(-c2cnc(Nc3cn(C4CCC(N5[C@@H]6CC[C@H]5COC6)CC4)nc3OCCO)nc2)ccc1Cl. The maximum absolute atomic E-state index is 9.40. The molecular formula is C31H39ClN10O4. The van der Waals surface area contributed by atoms with Crippen LogP contribution in [0, 0.1) is 0 Å². The van der Waals surface area contributed by atoms with Gasteiger partial charge >= 0.3 is 0 Å².